The summed E-state index contributed by atoms with van der Waals surface area (Å²) in [7, 11) is 1.38. The molecular weight excluding hydrogens is 527 g/mol. The smallest absolute Gasteiger partial charge is 0.306 e. The quantitative estimate of drug-likeness (QED) is 0.269. The summed E-state index contributed by atoms with van der Waals surface area (Å²) in [5.74, 6) is 2.62. The molecule has 1 N–H and O–H groups in total. The third-order valence-corrected chi connectivity index (χ3v) is 7.65. The molecule has 0 saturated carbocycles. The van der Waals surface area contributed by atoms with E-state index in [0.717, 1.165) is 22.3 Å². The highest BCUT2D eigenvalue weighted by molar-refractivity contribution is 5.71. The SMILES string of the molecule is COC(=O)C[C@@H]1COc2cc(O[C@@H]3CCc4c(Oc5c(C)cc(OCCC(C)(C)O)cc5C)ccc(F)c43)ccc21. The van der Waals surface area contributed by atoms with Crippen LogP contribution in [0.5, 0.6) is 28.7 Å². The number of hydrogen-bond donors (Lipinski definition) is 1. The van der Waals surface area contributed by atoms with Gasteiger partial charge in [0.1, 0.15) is 40.7 Å². The molecule has 1 aliphatic heterocycles. The van der Waals surface area contributed by atoms with Gasteiger partial charge >= 0.3 is 5.97 Å². The van der Waals surface area contributed by atoms with Gasteiger partial charge in [-0.05, 0) is 82.0 Å². The summed E-state index contributed by atoms with van der Waals surface area (Å²) >= 11 is 0. The van der Waals surface area contributed by atoms with Gasteiger partial charge in [0.05, 0.1) is 32.3 Å². The Labute approximate surface area is 240 Å². The summed E-state index contributed by atoms with van der Waals surface area (Å²) in [6, 6.07) is 12.5. The molecule has 0 aromatic heterocycles. The van der Waals surface area contributed by atoms with Gasteiger partial charge in [0.25, 0.3) is 0 Å². The minimum absolute atomic E-state index is 0.0592. The van der Waals surface area contributed by atoms with Crippen LogP contribution in [0.4, 0.5) is 4.39 Å². The maximum Gasteiger partial charge on any atom is 0.306 e. The van der Waals surface area contributed by atoms with E-state index in [9.17, 15) is 9.90 Å². The number of rotatable bonds is 10. The second-order valence-corrected chi connectivity index (χ2v) is 11.5. The second-order valence-electron chi connectivity index (χ2n) is 11.5. The standard InChI is InChI=1S/C33H37FO7/c1-19-14-23(38-13-12-33(3,4)36)15-20(2)32(19)41-27-11-9-26(34)31-25(27)8-10-28(31)40-22-6-7-24-21(16-30(35)37-5)18-39-29(24)17-22/h6-7,9,11,14-15,17,21,28,36H,8,10,12-13,16,18H2,1-5H3/t21-,28-/m1/s1. The van der Waals surface area contributed by atoms with E-state index < -0.39 is 11.7 Å². The summed E-state index contributed by atoms with van der Waals surface area (Å²) in [4.78, 5) is 11.7. The van der Waals surface area contributed by atoms with Crippen molar-refractivity contribution in [3.63, 3.8) is 0 Å². The lowest BCUT2D eigenvalue weighted by atomic mass is 9.98. The van der Waals surface area contributed by atoms with Crippen molar-refractivity contribution in [3.8, 4) is 28.7 Å². The molecule has 8 heteroatoms. The Bertz CT molecular complexity index is 1420. The van der Waals surface area contributed by atoms with E-state index >= 15 is 4.39 Å². The number of hydrogen-bond acceptors (Lipinski definition) is 7. The zero-order valence-electron chi connectivity index (χ0n) is 24.2. The lowest BCUT2D eigenvalue weighted by Gasteiger charge is -2.19. The van der Waals surface area contributed by atoms with Crippen LogP contribution in [-0.4, -0.2) is 37.0 Å². The van der Waals surface area contributed by atoms with E-state index in [1.807, 2.05) is 38.1 Å². The predicted octanol–water partition coefficient (Wildman–Crippen LogP) is 6.88. The summed E-state index contributed by atoms with van der Waals surface area (Å²) in [5, 5.41) is 9.94. The fourth-order valence-corrected chi connectivity index (χ4v) is 5.49. The largest absolute Gasteiger partial charge is 0.493 e. The summed E-state index contributed by atoms with van der Waals surface area (Å²) in [6.45, 7) is 8.22. The summed E-state index contributed by atoms with van der Waals surface area (Å²) < 4.78 is 44.3. The van der Waals surface area contributed by atoms with E-state index in [1.165, 1.54) is 13.2 Å². The molecule has 0 fully saturated rings. The lowest BCUT2D eigenvalue weighted by Crippen LogP contribution is -2.21. The van der Waals surface area contributed by atoms with Gasteiger partial charge in [0.2, 0.25) is 0 Å². The Morgan fingerprint density at radius 1 is 1.10 bits per heavy atom. The lowest BCUT2D eigenvalue weighted by molar-refractivity contribution is -0.141. The van der Waals surface area contributed by atoms with Crippen LogP contribution in [0.3, 0.4) is 0 Å². The molecule has 0 saturated heterocycles. The van der Waals surface area contributed by atoms with Crippen molar-refractivity contribution in [3.05, 3.63) is 76.1 Å². The van der Waals surface area contributed by atoms with Crippen molar-refractivity contribution >= 4 is 5.97 Å². The summed E-state index contributed by atoms with van der Waals surface area (Å²) in [5.41, 5.74) is 3.26. The van der Waals surface area contributed by atoms with Crippen molar-refractivity contribution < 1.29 is 38.0 Å². The number of fused-ring (bicyclic) bond motifs is 2. The molecular formula is C33H37FO7. The molecule has 0 bridgehead atoms. The molecule has 5 rings (SSSR count). The molecule has 0 amide bonds. The summed E-state index contributed by atoms with van der Waals surface area (Å²) in [6.07, 6.45) is 1.54. The number of carbonyl (C=O) groups is 1. The van der Waals surface area contributed by atoms with E-state index in [-0.39, 0.29) is 24.1 Å². The van der Waals surface area contributed by atoms with Crippen molar-refractivity contribution in [2.45, 2.75) is 71.0 Å². The number of carbonyl (C=O) groups excluding carboxylic acids is 1. The van der Waals surface area contributed by atoms with E-state index in [1.54, 1.807) is 26.0 Å². The first-order valence-electron chi connectivity index (χ1n) is 14.0. The molecule has 3 aromatic carbocycles. The Hall–Kier alpha value is -3.78. The Kier molecular flexibility index (Phi) is 8.13. The Balaban J connectivity index is 1.31. The normalized spacial score (nSPS) is 17.4. The second kappa shape index (κ2) is 11.6. The molecule has 218 valence electrons. The zero-order valence-corrected chi connectivity index (χ0v) is 24.2. The number of esters is 1. The van der Waals surface area contributed by atoms with E-state index in [2.05, 4.69) is 0 Å². The molecule has 2 aliphatic rings. The van der Waals surface area contributed by atoms with Crippen molar-refractivity contribution in [2.24, 2.45) is 0 Å². The maximum atomic E-state index is 15.2. The maximum absolute atomic E-state index is 15.2. The van der Waals surface area contributed by atoms with Crippen LogP contribution < -0.4 is 18.9 Å². The van der Waals surface area contributed by atoms with Gasteiger partial charge in [0, 0.05) is 35.1 Å². The van der Waals surface area contributed by atoms with Gasteiger partial charge in [-0.3, -0.25) is 4.79 Å². The molecule has 41 heavy (non-hydrogen) atoms. The van der Waals surface area contributed by atoms with Gasteiger partial charge in [-0.1, -0.05) is 6.07 Å². The number of aryl methyl sites for hydroxylation is 2. The van der Waals surface area contributed by atoms with Crippen molar-refractivity contribution in [1.82, 2.24) is 0 Å². The van der Waals surface area contributed by atoms with Crippen LogP contribution in [0.2, 0.25) is 0 Å². The van der Waals surface area contributed by atoms with Crippen LogP contribution in [0, 0.1) is 19.7 Å². The number of methoxy groups -OCH3 is 1. The molecule has 0 radical (unpaired) electrons. The van der Waals surface area contributed by atoms with Crippen LogP contribution >= 0.6 is 0 Å². The zero-order chi connectivity index (χ0) is 29.3. The van der Waals surface area contributed by atoms with Gasteiger partial charge in [-0.25, -0.2) is 4.39 Å². The van der Waals surface area contributed by atoms with Crippen LogP contribution in [-0.2, 0) is 16.0 Å². The topological polar surface area (TPSA) is 83.5 Å². The van der Waals surface area contributed by atoms with Gasteiger partial charge in [-0.2, -0.15) is 0 Å². The molecule has 7 nitrogen and oxygen atoms in total. The van der Waals surface area contributed by atoms with Crippen LogP contribution in [0.25, 0.3) is 0 Å². The van der Waals surface area contributed by atoms with Gasteiger partial charge in [-0.15, -0.1) is 0 Å². The highest BCUT2D eigenvalue weighted by Crippen LogP contribution is 2.45. The fourth-order valence-electron chi connectivity index (χ4n) is 5.49. The molecule has 1 heterocycles. The monoisotopic (exact) mass is 564 g/mol. The minimum Gasteiger partial charge on any atom is -0.493 e. The van der Waals surface area contributed by atoms with Crippen molar-refractivity contribution in [1.29, 1.82) is 0 Å². The van der Waals surface area contributed by atoms with Crippen LogP contribution in [0.1, 0.15) is 72.9 Å². The average molecular weight is 565 g/mol. The Morgan fingerprint density at radius 3 is 2.56 bits per heavy atom. The van der Waals surface area contributed by atoms with Crippen LogP contribution in [0.15, 0.2) is 42.5 Å². The van der Waals surface area contributed by atoms with E-state index in [4.69, 9.17) is 23.7 Å². The third-order valence-electron chi connectivity index (χ3n) is 7.65. The third kappa shape index (κ3) is 6.43. The molecule has 1 aliphatic carbocycles. The van der Waals surface area contributed by atoms with E-state index in [0.29, 0.717) is 66.8 Å². The first-order chi connectivity index (χ1) is 19.5. The molecule has 3 aromatic rings. The first kappa shape index (κ1) is 28.7. The number of ether oxygens (including phenoxy) is 5. The number of aliphatic hydroxyl groups is 1. The molecule has 2 atom stereocenters. The highest BCUT2D eigenvalue weighted by Gasteiger charge is 2.32. The number of halogens is 1. The molecule has 0 spiro atoms. The predicted molar refractivity (Wildman–Crippen MR) is 152 cm³/mol. The average Bonchev–Trinajstić information content (AvgIpc) is 3.51. The van der Waals surface area contributed by atoms with Gasteiger partial charge in [0.15, 0.2) is 0 Å². The highest BCUT2D eigenvalue weighted by atomic mass is 19.1. The van der Waals surface area contributed by atoms with Gasteiger partial charge < -0.3 is 28.8 Å². The van der Waals surface area contributed by atoms with Crippen molar-refractivity contribution in [2.75, 3.05) is 20.3 Å². The Morgan fingerprint density at radius 2 is 1.85 bits per heavy atom. The molecule has 0 unspecified atom stereocenters. The minimum atomic E-state index is -0.791. The number of benzene rings is 3. The fraction of sp³-hybridized carbons (Fsp3) is 0.424. The first-order valence-corrected chi connectivity index (χ1v) is 14.0.